The normalized spacial score (nSPS) is 14.9. The standard InChI is InChI=1S/C12H24O2/c1-5-8-10-12(7-3,9-6-2)11(13)14-4/h5-10H2,1-4H3. The van der Waals surface area contributed by atoms with Crippen LogP contribution in [0.25, 0.3) is 0 Å². The van der Waals surface area contributed by atoms with Crippen LogP contribution in [0.15, 0.2) is 0 Å². The van der Waals surface area contributed by atoms with E-state index < -0.39 is 0 Å². The lowest BCUT2D eigenvalue weighted by Gasteiger charge is -2.29. The first-order valence-corrected chi connectivity index (χ1v) is 5.75. The van der Waals surface area contributed by atoms with Crippen molar-refractivity contribution in [3.8, 4) is 0 Å². The van der Waals surface area contributed by atoms with Crippen LogP contribution in [0, 0.1) is 5.41 Å². The Kier molecular flexibility index (Phi) is 6.60. The lowest BCUT2D eigenvalue weighted by molar-refractivity contribution is -0.154. The molecule has 0 saturated carbocycles. The molecule has 84 valence electrons. The summed E-state index contributed by atoms with van der Waals surface area (Å²) in [5.41, 5.74) is -0.209. The molecule has 2 heteroatoms. The molecular formula is C12H24O2. The summed E-state index contributed by atoms with van der Waals surface area (Å²) in [7, 11) is 1.49. The Bertz CT molecular complexity index is 166. The molecule has 0 spiro atoms. The lowest BCUT2D eigenvalue weighted by Crippen LogP contribution is -2.31. The van der Waals surface area contributed by atoms with Crippen molar-refractivity contribution in [1.29, 1.82) is 0 Å². The Morgan fingerprint density at radius 1 is 1.14 bits per heavy atom. The van der Waals surface area contributed by atoms with Crippen molar-refractivity contribution in [2.75, 3.05) is 7.11 Å². The summed E-state index contributed by atoms with van der Waals surface area (Å²) >= 11 is 0. The number of carbonyl (C=O) groups excluding carboxylic acids is 1. The van der Waals surface area contributed by atoms with Gasteiger partial charge in [-0.2, -0.15) is 0 Å². The Labute approximate surface area is 88.0 Å². The Morgan fingerprint density at radius 3 is 2.14 bits per heavy atom. The van der Waals surface area contributed by atoms with Gasteiger partial charge in [0.2, 0.25) is 0 Å². The van der Waals surface area contributed by atoms with Crippen LogP contribution in [0.2, 0.25) is 0 Å². The van der Waals surface area contributed by atoms with E-state index in [1.807, 2.05) is 0 Å². The smallest absolute Gasteiger partial charge is 0.311 e. The van der Waals surface area contributed by atoms with Crippen LogP contribution in [0.5, 0.6) is 0 Å². The van der Waals surface area contributed by atoms with Crippen LogP contribution >= 0.6 is 0 Å². The monoisotopic (exact) mass is 200 g/mol. The lowest BCUT2D eigenvalue weighted by atomic mass is 9.76. The van der Waals surface area contributed by atoms with E-state index in [2.05, 4.69) is 20.8 Å². The number of methoxy groups -OCH3 is 1. The van der Waals surface area contributed by atoms with Crippen molar-refractivity contribution in [2.24, 2.45) is 5.41 Å². The van der Waals surface area contributed by atoms with Crippen molar-refractivity contribution < 1.29 is 9.53 Å². The van der Waals surface area contributed by atoms with E-state index in [1.54, 1.807) is 0 Å². The highest BCUT2D eigenvalue weighted by atomic mass is 16.5. The number of unbranched alkanes of at least 4 members (excludes halogenated alkanes) is 1. The molecule has 0 saturated heterocycles. The van der Waals surface area contributed by atoms with Crippen LogP contribution in [0.3, 0.4) is 0 Å². The van der Waals surface area contributed by atoms with E-state index in [0.29, 0.717) is 0 Å². The van der Waals surface area contributed by atoms with Gasteiger partial charge in [-0.15, -0.1) is 0 Å². The first kappa shape index (κ1) is 13.5. The highest BCUT2D eigenvalue weighted by molar-refractivity contribution is 5.76. The van der Waals surface area contributed by atoms with E-state index >= 15 is 0 Å². The molecule has 0 aliphatic rings. The van der Waals surface area contributed by atoms with Gasteiger partial charge in [-0.25, -0.2) is 0 Å². The number of rotatable bonds is 7. The fourth-order valence-electron chi connectivity index (χ4n) is 2.04. The van der Waals surface area contributed by atoms with E-state index in [-0.39, 0.29) is 11.4 Å². The zero-order valence-corrected chi connectivity index (χ0v) is 10.1. The second-order valence-electron chi connectivity index (χ2n) is 3.98. The maximum absolute atomic E-state index is 11.7. The molecule has 0 rings (SSSR count). The topological polar surface area (TPSA) is 26.3 Å². The fraction of sp³-hybridized carbons (Fsp3) is 0.917. The average molecular weight is 200 g/mol. The third-order valence-electron chi connectivity index (χ3n) is 3.03. The van der Waals surface area contributed by atoms with Crippen LogP contribution in [-0.4, -0.2) is 13.1 Å². The number of ether oxygens (including phenoxy) is 1. The quantitative estimate of drug-likeness (QED) is 0.587. The molecule has 2 nitrogen and oxygen atoms in total. The molecule has 0 fully saturated rings. The van der Waals surface area contributed by atoms with Gasteiger partial charge in [-0.05, 0) is 19.3 Å². The molecule has 0 aromatic rings. The van der Waals surface area contributed by atoms with E-state index in [1.165, 1.54) is 7.11 Å². The van der Waals surface area contributed by atoms with Crippen molar-refractivity contribution in [2.45, 2.75) is 59.3 Å². The Morgan fingerprint density at radius 2 is 1.79 bits per heavy atom. The summed E-state index contributed by atoms with van der Waals surface area (Å²) in [6.45, 7) is 6.37. The van der Waals surface area contributed by atoms with Gasteiger partial charge in [0.15, 0.2) is 0 Å². The summed E-state index contributed by atoms with van der Waals surface area (Å²) in [5.74, 6) is -0.0182. The van der Waals surface area contributed by atoms with Gasteiger partial charge in [0.25, 0.3) is 0 Å². The van der Waals surface area contributed by atoms with E-state index in [0.717, 1.165) is 38.5 Å². The molecule has 1 atom stereocenters. The predicted octanol–water partition coefficient (Wildman–Crippen LogP) is 3.55. The highest BCUT2D eigenvalue weighted by Gasteiger charge is 2.35. The Balaban J connectivity index is 4.50. The average Bonchev–Trinajstić information content (AvgIpc) is 2.23. The molecule has 0 N–H and O–H groups in total. The number of esters is 1. The first-order valence-electron chi connectivity index (χ1n) is 5.75. The molecule has 0 aromatic carbocycles. The largest absolute Gasteiger partial charge is 0.469 e. The third kappa shape index (κ3) is 3.32. The molecule has 0 aliphatic carbocycles. The maximum atomic E-state index is 11.7. The minimum absolute atomic E-state index is 0.0182. The number of carbonyl (C=O) groups is 1. The van der Waals surface area contributed by atoms with E-state index in [9.17, 15) is 4.79 Å². The van der Waals surface area contributed by atoms with Gasteiger partial charge in [0.05, 0.1) is 12.5 Å². The summed E-state index contributed by atoms with van der Waals surface area (Å²) in [6, 6.07) is 0. The second-order valence-corrected chi connectivity index (χ2v) is 3.98. The summed E-state index contributed by atoms with van der Waals surface area (Å²) in [5, 5.41) is 0. The molecule has 0 aliphatic heterocycles. The highest BCUT2D eigenvalue weighted by Crippen LogP contribution is 2.35. The van der Waals surface area contributed by atoms with Crippen molar-refractivity contribution in [1.82, 2.24) is 0 Å². The number of hydrogen-bond acceptors (Lipinski definition) is 2. The maximum Gasteiger partial charge on any atom is 0.311 e. The van der Waals surface area contributed by atoms with Crippen molar-refractivity contribution in [3.63, 3.8) is 0 Å². The van der Waals surface area contributed by atoms with Crippen LogP contribution in [-0.2, 0) is 9.53 Å². The van der Waals surface area contributed by atoms with Gasteiger partial charge in [-0.1, -0.05) is 40.0 Å². The number of hydrogen-bond donors (Lipinski definition) is 0. The second kappa shape index (κ2) is 6.86. The predicted molar refractivity (Wildman–Crippen MR) is 59.2 cm³/mol. The summed E-state index contributed by atoms with van der Waals surface area (Å²) < 4.78 is 4.92. The van der Waals surface area contributed by atoms with Gasteiger partial charge in [0.1, 0.15) is 0 Å². The zero-order chi connectivity index (χ0) is 11.0. The SMILES string of the molecule is CCCCC(CC)(CCC)C(=O)OC. The van der Waals surface area contributed by atoms with Crippen LogP contribution < -0.4 is 0 Å². The molecule has 14 heavy (non-hydrogen) atoms. The van der Waals surface area contributed by atoms with E-state index in [4.69, 9.17) is 4.74 Å². The molecule has 0 bridgehead atoms. The van der Waals surface area contributed by atoms with Crippen molar-refractivity contribution in [3.05, 3.63) is 0 Å². The molecular weight excluding hydrogens is 176 g/mol. The summed E-state index contributed by atoms with van der Waals surface area (Å²) in [4.78, 5) is 11.7. The van der Waals surface area contributed by atoms with Gasteiger partial charge in [-0.3, -0.25) is 4.79 Å². The van der Waals surface area contributed by atoms with Gasteiger partial charge in [0, 0.05) is 0 Å². The minimum Gasteiger partial charge on any atom is -0.469 e. The zero-order valence-electron chi connectivity index (χ0n) is 10.1. The van der Waals surface area contributed by atoms with Gasteiger partial charge >= 0.3 is 5.97 Å². The molecule has 0 aromatic heterocycles. The third-order valence-corrected chi connectivity index (χ3v) is 3.03. The summed E-state index contributed by atoms with van der Waals surface area (Å²) in [6.07, 6.45) is 6.13. The molecule has 0 heterocycles. The van der Waals surface area contributed by atoms with Crippen LogP contribution in [0.4, 0.5) is 0 Å². The minimum atomic E-state index is -0.209. The first-order chi connectivity index (χ1) is 6.66. The fourth-order valence-corrected chi connectivity index (χ4v) is 2.04. The van der Waals surface area contributed by atoms with Gasteiger partial charge < -0.3 is 4.74 Å². The Hall–Kier alpha value is -0.530. The van der Waals surface area contributed by atoms with Crippen molar-refractivity contribution >= 4 is 5.97 Å². The van der Waals surface area contributed by atoms with Crippen LogP contribution in [0.1, 0.15) is 59.3 Å². The molecule has 1 unspecified atom stereocenters. The molecule has 0 amide bonds. The molecule has 0 radical (unpaired) electrons.